The summed E-state index contributed by atoms with van der Waals surface area (Å²) in [5.41, 5.74) is 0.862. The Bertz CT molecular complexity index is 1680. The lowest BCUT2D eigenvalue weighted by atomic mass is 9.57. The van der Waals surface area contributed by atoms with Gasteiger partial charge in [0.15, 0.2) is 0 Å². The molecule has 0 atom stereocenters. The first kappa shape index (κ1) is 41.6. The van der Waals surface area contributed by atoms with E-state index in [0.29, 0.717) is 56.3 Å². The molecule has 296 valence electrons. The lowest BCUT2D eigenvalue weighted by Gasteiger charge is -2.59. The zero-order valence-electron chi connectivity index (χ0n) is 32.4. The van der Waals surface area contributed by atoms with Gasteiger partial charge >= 0.3 is 0 Å². The van der Waals surface area contributed by atoms with Crippen molar-refractivity contribution in [3.8, 4) is 0 Å². The van der Waals surface area contributed by atoms with E-state index in [1.165, 1.54) is 18.2 Å². The number of nitrogens with zero attached hydrogens (tertiary/aromatic N) is 2. The predicted molar refractivity (Wildman–Crippen MR) is 206 cm³/mol. The van der Waals surface area contributed by atoms with E-state index in [4.69, 9.17) is 11.6 Å². The summed E-state index contributed by atoms with van der Waals surface area (Å²) in [4.78, 5) is 54.7. The lowest BCUT2D eigenvalue weighted by molar-refractivity contribution is -0.133. The molecule has 54 heavy (non-hydrogen) atoms. The van der Waals surface area contributed by atoms with Gasteiger partial charge in [0.05, 0.1) is 23.7 Å². The van der Waals surface area contributed by atoms with Gasteiger partial charge in [-0.05, 0) is 139 Å². The molecule has 3 fully saturated rings. The summed E-state index contributed by atoms with van der Waals surface area (Å²) >= 11 is 6.01. The molecular formula is C41H57ClF2N6O4. The molecule has 5 rings (SSSR count). The summed E-state index contributed by atoms with van der Waals surface area (Å²) < 4.78 is 28.2. The summed E-state index contributed by atoms with van der Waals surface area (Å²) in [7, 11) is 0. The first-order chi connectivity index (χ1) is 25.4. The summed E-state index contributed by atoms with van der Waals surface area (Å²) in [6, 6.07) is 8.67. The van der Waals surface area contributed by atoms with E-state index in [1.807, 2.05) is 34.6 Å². The van der Waals surface area contributed by atoms with Crippen molar-refractivity contribution < 1.29 is 28.0 Å². The molecule has 0 bridgehead atoms. The van der Waals surface area contributed by atoms with Gasteiger partial charge in [0.25, 0.3) is 5.91 Å². The number of hydrogen-bond acceptors (Lipinski definition) is 6. The first-order valence-electron chi connectivity index (χ1n) is 19.2. The molecule has 0 aromatic heterocycles. The largest absolute Gasteiger partial charge is 0.356 e. The molecule has 2 aromatic carbocycles. The fraction of sp³-hybridized carbons (Fsp3) is 0.610. The second-order valence-corrected chi connectivity index (χ2v) is 18.0. The molecule has 0 unspecified atom stereocenters. The minimum absolute atomic E-state index is 0.0336. The Balaban J connectivity index is 0.963. The quantitative estimate of drug-likeness (QED) is 0.205. The number of rotatable bonds is 15. The van der Waals surface area contributed by atoms with Crippen LogP contribution in [-0.2, 0) is 27.2 Å². The first-order valence-corrected chi connectivity index (χ1v) is 19.6. The molecule has 4 N–H and O–H groups in total. The third-order valence-electron chi connectivity index (χ3n) is 10.7. The Morgan fingerprint density at radius 1 is 0.815 bits per heavy atom. The van der Waals surface area contributed by atoms with Crippen molar-refractivity contribution in [2.75, 3.05) is 52.4 Å². The molecule has 3 aliphatic rings. The van der Waals surface area contributed by atoms with Crippen LogP contribution >= 0.6 is 11.6 Å². The summed E-state index contributed by atoms with van der Waals surface area (Å²) in [6.45, 7) is 14.8. The molecule has 2 saturated heterocycles. The summed E-state index contributed by atoms with van der Waals surface area (Å²) in [6.07, 6.45) is 4.87. The van der Waals surface area contributed by atoms with Crippen LogP contribution in [0.3, 0.4) is 0 Å². The SMILES string of the molecule is CC(C)(C)NC(=O)CN1CCC(CNC(=O)CCc2ccc(F)c(CC(C)(C)NC(=O)CN3CC4(CC(CNC(=O)c5ccc(F)cc5Cl)C4)C3)c2)CC1. The maximum Gasteiger partial charge on any atom is 0.252 e. The fourth-order valence-electron chi connectivity index (χ4n) is 8.26. The number of halogens is 3. The predicted octanol–water partition coefficient (Wildman–Crippen LogP) is 4.87. The lowest BCUT2D eigenvalue weighted by Crippen LogP contribution is -2.65. The Kier molecular flexibility index (Phi) is 13.4. The third kappa shape index (κ3) is 12.2. The normalized spacial score (nSPS) is 18.1. The Morgan fingerprint density at radius 2 is 1.46 bits per heavy atom. The number of amides is 4. The van der Waals surface area contributed by atoms with E-state index < -0.39 is 11.4 Å². The van der Waals surface area contributed by atoms with E-state index in [1.54, 1.807) is 12.1 Å². The van der Waals surface area contributed by atoms with Gasteiger partial charge in [0.2, 0.25) is 17.7 Å². The van der Waals surface area contributed by atoms with Gasteiger partial charge in [-0.25, -0.2) is 8.78 Å². The van der Waals surface area contributed by atoms with E-state index in [2.05, 4.69) is 31.1 Å². The highest BCUT2D eigenvalue weighted by Crippen LogP contribution is 2.51. The smallest absolute Gasteiger partial charge is 0.252 e. The van der Waals surface area contributed by atoms with Gasteiger partial charge in [-0.1, -0.05) is 23.7 Å². The topological polar surface area (TPSA) is 123 Å². The number of hydrogen-bond donors (Lipinski definition) is 4. The van der Waals surface area contributed by atoms with Gasteiger partial charge < -0.3 is 21.3 Å². The van der Waals surface area contributed by atoms with E-state index >= 15 is 0 Å². The average molecular weight is 771 g/mol. The van der Waals surface area contributed by atoms with Crippen molar-refractivity contribution in [3.63, 3.8) is 0 Å². The molecule has 0 radical (unpaired) electrons. The average Bonchev–Trinajstić information content (AvgIpc) is 3.03. The maximum absolute atomic E-state index is 14.9. The second kappa shape index (κ2) is 17.5. The van der Waals surface area contributed by atoms with Crippen LogP contribution in [-0.4, -0.2) is 96.9 Å². The third-order valence-corrected chi connectivity index (χ3v) is 11.0. The van der Waals surface area contributed by atoms with Crippen molar-refractivity contribution in [2.45, 2.75) is 90.6 Å². The zero-order chi connectivity index (χ0) is 39.3. The van der Waals surface area contributed by atoms with E-state index in [-0.39, 0.29) is 57.5 Å². The molecule has 4 amide bonds. The van der Waals surface area contributed by atoms with Gasteiger partial charge in [-0.3, -0.25) is 29.0 Å². The van der Waals surface area contributed by atoms with Crippen LogP contribution in [0.15, 0.2) is 36.4 Å². The molecule has 1 saturated carbocycles. The number of nitrogens with one attached hydrogen (secondary N) is 4. The van der Waals surface area contributed by atoms with Gasteiger partial charge in [0.1, 0.15) is 11.6 Å². The van der Waals surface area contributed by atoms with Crippen molar-refractivity contribution >= 4 is 35.2 Å². The van der Waals surface area contributed by atoms with Gasteiger partial charge in [0, 0.05) is 43.7 Å². The molecule has 2 aromatic rings. The molecular weight excluding hydrogens is 714 g/mol. The number of likely N-dealkylation sites (tertiary alicyclic amines) is 2. The highest BCUT2D eigenvalue weighted by Gasteiger charge is 2.52. The van der Waals surface area contributed by atoms with Crippen LogP contribution in [0.25, 0.3) is 0 Å². The van der Waals surface area contributed by atoms with Crippen LogP contribution in [0.5, 0.6) is 0 Å². The van der Waals surface area contributed by atoms with Crippen LogP contribution < -0.4 is 21.3 Å². The van der Waals surface area contributed by atoms with Gasteiger partial charge in [-0.15, -0.1) is 0 Å². The summed E-state index contributed by atoms with van der Waals surface area (Å²) in [5.74, 6) is -0.535. The Hall–Kier alpha value is -3.61. The van der Waals surface area contributed by atoms with Crippen molar-refractivity contribution in [1.29, 1.82) is 0 Å². The van der Waals surface area contributed by atoms with E-state index in [0.717, 1.165) is 63.5 Å². The van der Waals surface area contributed by atoms with Crippen molar-refractivity contribution in [3.05, 3.63) is 69.7 Å². The molecule has 10 nitrogen and oxygen atoms in total. The Labute approximate surface area is 323 Å². The minimum atomic E-state index is -0.685. The van der Waals surface area contributed by atoms with Crippen LogP contribution in [0.4, 0.5) is 8.78 Å². The number of piperidine rings is 1. The van der Waals surface area contributed by atoms with Crippen molar-refractivity contribution in [1.82, 2.24) is 31.1 Å². The van der Waals surface area contributed by atoms with Crippen LogP contribution in [0.2, 0.25) is 5.02 Å². The molecule has 1 aliphatic carbocycles. The second-order valence-electron chi connectivity index (χ2n) is 17.6. The molecule has 2 heterocycles. The Morgan fingerprint density at radius 3 is 2.13 bits per heavy atom. The van der Waals surface area contributed by atoms with Crippen molar-refractivity contribution in [2.24, 2.45) is 17.3 Å². The number of benzene rings is 2. The zero-order valence-corrected chi connectivity index (χ0v) is 33.1. The number of carbonyl (C=O) groups is 4. The van der Waals surface area contributed by atoms with Crippen LogP contribution in [0.1, 0.15) is 88.2 Å². The van der Waals surface area contributed by atoms with E-state index in [9.17, 15) is 28.0 Å². The number of carbonyl (C=O) groups excluding carboxylic acids is 4. The summed E-state index contributed by atoms with van der Waals surface area (Å²) in [5, 5.41) is 12.1. The molecule has 13 heteroatoms. The monoisotopic (exact) mass is 770 g/mol. The molecule has 1 spiro atoms. The fourth-order valence-corrected chi connectivity index (χ4v) is 8.51. The van der Waals surface area contributed by atoms with Crippen LogP contribution in [0, 0.1) is 28.9 Å². The standard InChI is InChI=1S/C41H57ClF2N6O4/c1-39(2,3)47-36(52)23-49-14-12-28(13-15-49)21-45-35(51)11-7-27-6-10-34(44)30(16-27)20-40(4,5)48-37(53)24-50-25-41(26-50)18-29(19-41)22-46-38(54)32-9-8-31(43)17-33(32)42/h6,8-10,16-17,28-29H,7,11-15,18-26H2,1-5H3,(H,45,51)(H,46,54)(H,47,52)(H,48,53). The minimum Gasteiger partial charge on any atom is -0.356 e. The van der Waals surface area contributed by atoms with Gasteiger partial charge in [-0.2, -0.15) is 0 Å². The molecule has 2 aliphatic heterocycles. The highest BCUT2D eigenvalue weighted by atomic mass is 35.5. The highest BCUT2D eigenvalue weighted by molar-refractivity contribution is 6.33. The number of aryl methyl sites for hydroxylation is 1. The maximum atomic E-state index is 14.9.